The number of unbranched alkanes of at least 4 members (excludes halogenated alkanes) is 8. The van der Waals surface area contributed by atoms with E-state index in [1.807, 2.05) is 0 Å². The van der Waals surface area contributed by atoms with Gasteiger partial charge in [0.1, 0.15) is 0 Å². The Hall–Kier alpha value is 0.260. The normalized spacial score (nSPS) is 12.6. The van der Waals surface area contributed by atoms with Gasteiger partial charge in [-0.15, -0.1) is 0 Å². The number of rotatable bonds is 19. The number of carbonyl (C=O) groups is 1. The van der Waals surface area contributed by atoms with Gasteiger partial charge in [-0.3, -0.25) is 9.69 Å². The van der Waals surface area contributed by atoms with Gasteiger partial charge < -0.3 is 20.1 Å². The molecule has 0 aromatic rings. The van der Waals surface area contributed by atoms with Crippen LogP contribution in [-0.2, 0) is 14.9 Å². The van der Waals surface area contributed by atoms with Crippen LogP contribution in [0.4, 0.5) is 0 Å². The van der Waals surface area contributed by atoms with Gasteiger partial charge in [0.05, 0.1) is 28.6 Å². The minimum absolute atomic E-state index is 0. The molecule has 1 atom stereocenters. The third-order valence-electron chi connectivity index (χ3n) is 4.54. The maximum atomic E-state index is 11.9. The number of hydrogen-bond donors (Lipinski definition) is 3. The van der Waals surface area contributed by atoms with Crippen LogP contribution in [0.1, 0.15) is 71.1 Å². The van der Waals surface area contributed by atoms with Crippen LogP contribution in [0.3, 0.4) is 0 Å². The van der Waals surface area contributed by atoms with Crippen molar-refractivity contribution >= 4 is 16.0 Å². The molecule has 0 saturated carbocycles. The van der Waals surface area contributed by atoms with E-state index in [0.717, 1.165) is 19.3 Å². The van der Waals surface area contributed by atoms with Crippen molar-refractivity contribution in [3.05, 3.63) is 0 Å². The van der Waals surface area contributed by atoms with Gasteiger partial charge in [0.25, 0.3) is 0 Å². The second kappa shape index (κ2) is 20.2. The topological polar surface area (TPSA) is 130 Å². The average Bonchev–Trinajstić information content (AvgIpc) is 2.58. The molecular weight excluding hydrogens is 407 g/mol. The Morgan fingerprint density at radius 1 is 1.03 bits per heavy atom. The van der Waals surface area contributed by atoms with Crippen molar-refractivity contribution in [2.45, 2.75) is 77.2 Å². The second-order valence-corrected chi connectivity index (χ2v) is 8.78. The maximum absolute atomic E-state index is 11.9. The average molecular weight is 447 g/mol. The molecule has 0 fully saturated rings. The number of amides is 1. The summed E-state index contributed by atoms with van der Waals surface area (Å²) >= 11 is 0. The van der Waals surface area contributed by atoms with Crippen LogP contribution in [0, 0.1) is 0 Å². The molecule has 0 rings (SSSR count). The number of nitrogens with zero attached hydrogens (tertiary/aromatic N) is 1. The Morgan fingerprint density at radius 3 is 2.10 bits per heavy atom. The third-order valence-corrected chi connectivity index (χ3v) is 5.33. The molecule has 0 bridgehead atoms. The molecule has 0 spiro atoms. The molecule has 0 heterocycles. The Balaban J connectivity index is 0. The van der Waals surface area contributed by atoms with Crippen molar-refractivity contribution in [2.24, 2.45) is 0 Å². The fourth-order valence-electron chi connectivity index (χ4n) is 3.06. The van der Waals surface area contributed by atoms with Gasteiger partial charge in [0.2, 0.25) is 5.91 Å². The fourth-order valence-corrected chi connectivity index (χ4v) is 3.64. The van der Waals surface area contributed by atoms with Crippen LogP contribution in [0.25, 0.3) is 0 Å². The van der Waals surface area contributed by atoms with Gasteiger partial charge in [-0.1, -0.05) is 58.3 Å². The number of hydrogen-bond acceptors (Lipinski definition) is 7. The molecular formula is C19H39N2NaO6S. The van der Waals surface area contributed by atoms with Crippen LogP contribution in [0.15, 0.2) is 0 Å². The Labute approximate surface area is 198 Å². The van der Waals surface area contributed by atoms with E-state index in [1.54, 1.807) is 4.90 Å². The molecule has 0 aliphatic rings. The molecule has 10 heteroatoms. The van der Waals surface area contributed by atoms with Crippen LogP contribution in [0.2, 0.25) is 0 Å². The molecule has 1 amide bonds. The van der Waals surface area contributed by atoms with E-state index in [9.17, 15) is 22.9 Å². The molecule has 168 valence electrons. The summed E-state index contributed by atoms with van der Waals surface area (Å²) in [6.45, 7) is 2.93. The van der Waals surface area contributed by atoms with Gasteiger partial charge in [-0.2, -0.15) is 0 Å². The third kappa shape index (κ3) is 22.8. The van der Waals surface area contributed by atoms with E-state index in [1.165, 1.54) is 38.5 Å². The smallest absolute Gasteiger partial charge is 0.748 e. The summed E-state index contributed by atoms with van der Waals surface area (Å²) < 4.78 is 32.0. The van der Waals surface area contributed by atoms with E-state index in [0.29, 0.717) is 19.5 Å². The molecule has 0 radical (unpaired) electrons. The van der Waals surface area contributed by atoms with E-state index in [-0.39, 0.29) is 55.2 Å². The maximum Gasteiger partial charge on any atom is 1.00 e. The summed E-state index contributed by atoms with van der Waals surface area (Å²) in [5, 5.41) is 21.5. The van der Waals surface area contributed by atoms with Crippen LogP contribution >= 0.6 is 0 Å². The van der Waals surface area contributed by atoms with Crippen LogP contribution in [-0.4, -0.2) is 78.6 Å². The first-order chi connectivity index (χ1) is 13.3. The minimum atomic E-state index is -4.50. The standard InChI is InChI=1S/C19H40N2O6S.Na/c1-2-3-4-5-6-7-8-9-10-11-19(24)20-12-13-21(14-15-22)16-18(23)17-28(25,26)27;/h18,22-23H,2-17H2,1H3,(H,20,24)(H,25,26,27);/q;+1/p-1. The van der Waals surface area contributed by atoms with Gasteiger partial charge >= 0.3 is 29.6 Å². The largest absolute Gasteiger partial charge is 1.00 e. The predicted molar refractivity (Wildman–Crippen MR) is 109 cm³/mol. The zero-order valence-corrected chi connectivity index (χ0v) is 21.1. The van der Waals surface area contributed by atoms with Gasteiger partial charge in [-0.25, -0.2) is 8.42 Å². The van der Waals surface area contributed by atoms with Crippen LogP contribution in [0.5, 0.6) is 0 Å². The number of nitrogens with one attached hydrogen (secondary N) is 1. The summed E-state index contributed by atoms with van der Waals surface area (Å²) in [5.74, 6) is -0.894. The molecule has 0 aliphatic carbocycles. The predicted octanol–water partition coefficient (Wildman–Crippen LogP) is -1.77. The van der Waals surface area contributed by atoms with Gasteiger partial charge in [0.15, 0.2) is 0 Å². The summed E-state index contributed by atoms with van der Waals surface area (Å²) in [6, 6.07) is 0. The molecule has 8 nitrogen and oxygen atoms in total. The molecule has 1 unspecified atom stereocenters. The summed E-state index contributed by atoms with van der Waals surface area (Å²) in [7, 11) is -4.50. The van der Waals surface area contributed by atoms with E-state index in [2.05, 4.69) is 12.2 Å². The van der Waals surface area contributed by atoms with E-state index < -0.39 is 22.0 Å². The van der Waals surface area contributed by atoms with Crippen molar-refractivity contribution in [1.82, 2.24) is 10.2 Å². The molecule has 0 aromatic heterocycles. The van der Waals surface area contributed by atoms with Crippen molar-refractivity contribution in [3.8, 4) is 0 Å². The molecule has 29 heavy (non-hydrogen) atoms. The van der Waals surface area contributed by atoms with Crippen molar-refractivity contribution in [2.75, 3.05) is 38.5 Å². The monoisotopic (exact) mass is 446 g/mol. The van der Waals surface area contributed by atoms with Gasteiger partial charge in [-0.05, 0) is 6.42 Å². The molecule has 3 N–H and O–H groups in total. The number of aliphatic hydroxyl groups is 2. The zero-order valence-electron chi connectivity index (χ0n) is 18.3. The van der Waals surface area contributed by atoms with E-state index in [4.69, 9.17) is 5.11 Å². The minimum Gasteiger partial charge on any atom is -0.748 e. The van der Waals surface area contributed by atoms with Gasteiger partial charge in [0, 0.05) is 32.6 Å². The Kier molecular flexibility index (Phi) is 21.9. The summed E-state index contributed by atoms with van der Waals surface area (Å²) in [4.78, 5) is 13.5. The van der Waals surface area contributed by atoms with Crippen molar-refractivity contribution < 1.29 is 57.5 Å². The first kappa shape index (κ1) is 31.4. The van der Waals surface area contributed by atoms with Crippen molar-refractivity contribution in [1.29, 1.82) is 0 Å². The Bertz CT molecular complexity index is 493. The Morgan fingerprint density at radius 2 is 1.59 bits per heavy atom. The molecule has 0 aromatic carbocycles. The van der Waals surface area contributed by atoms with Crippen LogP contribution < -0.4 is 34.9 Å². The van der Waals surface area contributed by atoms with Crippen molar-refractivity contribution in [3.63, 3.8) is 0 Å². The second-order valence-electron chi connectivity index (χ2n) is 7.33. The molecule has 0 aliphatic heterocycles. The summed E-state index contributed by atoms with van der Waals surface area (Å²) in [5.41, 5.74) is 0. The fraction of sp³-hybridized carbons (Fsp3) is 0.947. The SMILES string of the molecule is CCCCCCCCCCCC(=O)NCCN(CCO)CC(O)CS(=O)(=O)[O-].[Na+]. The quantitative estimate of drug-likeness (QED) is 0.122. The first-order valence-corrected chi connectivity index (χ1v) is 12.1. The number of carbonyl (C=O) groups excluding carboxylic acids is 1. The number of aliphatic hydroxyl groups excluding tert-OH is 2. The van der Waals surface area contributed by atoms with E-state index >= 15 is 0 Å². The summed E-state index contributed by atoms with van der Waals surface area (Å²) in [6.07, 6.45) is 9.92. The zero-order chi connectivity index (χ0) is 21.3. The molecule has 0 saturated heterocycles. The first-order valence-electron chi connectivity index (χ1n) is 10.5.